The molecule has 138 valence electrons. The molecule has 1 saturated heterocycles. The molecule has 0 N–H and O–H groups in total. The minimum atomic E-state index is -0.107. The molecule has 0 unspecified atom stereocenters. The molecular weight excluding hydrogens is 316 g/mol. The van der Waals surface area contributed by atoms with Crippen molar-refractivity contribution in [3.63, 3.8) is 0 Å². The zero-order valence-corrected chi connectivity index (χ0v) is 16.0. The van der Waals surface area contributed by atoms with Crippen molar-refractivity contribution >= 4 is 11.8 Å². The number of nitrogens with zero attached hydrogens (tertiary/aromatic N) is 4. The Balaban J connectivity index is 1.71. The molecule has 2 amide bonds. The molecular formula is C19H30N4O2. The van der Waals surface area contributed by atoms with Crippen LogP contribution in [0.4, 0.5) is 0 Å². The second-order valence-corrected chi connectivity index (χ2v) is 7.33. The van der Waals surface area contributed by atoms with Crippen LogP contribution >= 0.6 is 0 Å². The number of aromatic nitrogens is 1. The molecule has 0 saturated carbocycles. The topological polar surface area (TPSA) is 48.8 Å². The third-order valence-electron chi connectivity index (χ3n) is 5.67. The lowest BCUT2D eigenvalue weighted by Gasteiger charge is -2.33. The van der Waals surface area contributed by atoms with Gasteiger partial charge in [0.25, 0.3) is 11.8 Å². The Morgan fingerprint density at radius 3 is 1.92 bits per heavy atom. The van der Waals surface area contributed by atoms with Gasteiger partial charge in [-0.25, -0.2) is 0 Å². The van der Waals surface area contributed by atoms with E-state index in [0.717, 1.165) is 63.5 Å². The molecule has 3 rings (SSSR count). The average Bonchev–Trinajstić information content (AvgIpc) is 2.99. The molecule has 0 radical (unpaired) electrons. The fourth-order valence-corrected chi connectivity index (χ4v) is 3.94. The van der Waals surface area contributed by atoms with E-state index in [1.54, 1.807) is 0 Å². The maximum atomic E-state index is 12.9. The maximum Gasteiger partial charge on any atom is 0.263 e. The Bertz CT molecular complexity index is 632. The summed E-state index contributed by atoms with van der Waals surface area (Å²) in [6.45, 7) is 12.3. The van der Waals surface area contributed by atoms with Crippen molar-refractivity contribution in [2.45, 2.75) is 40.2 Å². The normalized spacial score (nSPS) is 19.1. The largest absolute Gasteiger partial charge is 0.348 e. The highest BCUT2D eigenvalue weighted by Gasteiger charge is 2.40. The summed E-state index contributed by atoms with van der Waals surface area (Å²) >= 11 is 0. The van der Waals surface area contributed by atoms with Crippen LogP contribution in [-0.2, 0) is 6.54 Å². The average molecular weight is 346 g/mol. The summed E-state index contributed by atoms with van der Waals surface area (Å²) in [6.07, 6.45) is 2.16. The lowest BCUT2D eigenvalue weighted by molar-refractivity contribution is 0.0619. The van der Waals surface area contributed by atoms with Gasteiger partial charge in [-0.05, 0) is 27.3 Å². The molecule has 2 aliphatic heterocycles. The van der Waals surface area contributed by atoms with Crippen LogP contribution in [0.1, 0.15) is 51.9 Å². The van der Waals surface area contributed by atoms with E-state index in [9.17, 15) is 9.59 Å². The predicted molar refractivity (Wildman–Crippen MR) is 98.1 cm³/mol. The van der Waals surface area contributed by atoms with Gasteiger partial charge in [0, 0.05) is 57.2 Å². The van der Waals surface area contributed by atoms with Crippen LogP contribution in [0.25, 0.3) is 0 Å². The zero-order chi connectivity index (χ0) is 18.1. The van der Waals surface area contributed by atoms with Crippen molar-refractivity contribution in [1.82, 2.24) is 19.3 Å². The molecule has 2 aliphatic rings. The Morgan fingerprint density at radius 2 is 1.40 bits per heavy atom. The number of amides is 2. The second kappa shape index (κ2) is 7.30. The van der Waals surface area contributed by atoms with Gasteiger partial charge in [0.1, 0.15) is 0 Å². The van der Waals surface area contributed by atoms with Crippen molar-refractivity contribution < 1.29 is 9.59 Å². The van der Waals surface area contributed by atoms with Crippen LogP contribution in [-0.4, -0.2) is 77.4 Å². The van der Waals surface area contributed by atoms with Gasteiger partial charge < -0.3 is 9.47 Å². The van der Waals surface area contributed by atoms with Gasteiger partial charge in [0.2, 0.25) is 0 Å². The van der Waals surface area contributed by atoms with Crippen molar-refractivity contribution in [3.8, 4) is 0 Å². The van der Waals surface area contributed by atoms with Crippen LogP contribution in [0.5, 0.6) is 0 Å². The lowest BCUT2D eigenvalue weighted by Crippen LogP contribution is -2.47. The standard InChI is InChI=1S/C19H30N4O2/c1-5-6-7-22-14(2)16-17(15(22)3)19(25)23(18(16)24)13-12-21-10-8-20(4)9-11-21/h5-13H2,1-4H3. The number of unbranched alkanes of at least 4 members (excludes halogenated alkanes) is 1. The number of hydrogen-bond acceptors (Lipinski definition) is 4. The fourth-order valence-electron chi connectivity index (χ4n) is 3.94. The highest BCUT2D eigenvalue weighted by molar-refractivity contribution is 6.22. The number of hydrogen-bond donors (Lipinski definition) is 0. The number of likely N-dealkylation sites (N-methyl/N-ethyl adjacent to an activating group) is 1. The zero-order valence-electron chi connectivity index (χ0n) is 16.0. The first-order valence-corrected chi connectivity index (χ1v) is 9.42. The quantitative estimate of drug-likeness (QED) is 0.737. The summed E-state index contributed by atoms with van der Waals surface area (Å²) in [6, 6.07) is 0. The number of carbonyl (C=O) groups is 2. The summed E-state index contributed by atoms with van der Waals surface area (Å²) in [5.41, 5.74) is 3.16. The summed E-state index contributed by atoms with van der Waals surface area (Å²) in [7, 11) is 2.13. The molecule has 25 heavy (non-hydrogen) atoms. The molecule has 0 aliphatic carbocycles. The summed E-state index contributed by atoms with van der Waals surface area (Å²) in [4.78, 5) is 31.8. The number of carbonyl (C=O) groups excluding carboxylic acids is 2. The van der Waals surface area contributed by atoms with Crippen LogP contribution < -0.4 is 0 Å². The Labute approximate surface area is 150 Å². The van der Waals surface area contributed by atoms with Gasteiger partial charge in [0.05, 0.1) is 11.1 Å². The van der Waals surface area contributed by atoms with Gasteiger partial charge in [-0.3, -0.25) is 19.4 Å². The molecule has 3 heterocycles. The molecule has 0 spiro atoms. The minimum absolute atomic E-state index is 0.107. The summed E-state index contributed by atoms with van der Waals surface area (Å²) < 4.78 is 2.14. The van der Waals surface area contributed by atoms with E-state index in [-0.39, 0.29) is 11.8 Å². The molecule has 1 aromatic rings. The second-order valence-electron chi connectivity index (χ2n) is 7.33. The van der Waals surface area contributed by atoms with E-state index in [4.69, 9.17) is 0 Å². The van der Waals surface area contributed by atoms with Gasteiger partial charge >= 0.3 is 0 Å². The van der Waals surface area contributed by atoms with Gasteiger partial charge in [-0.1, -0.05) is 13.3 Å². The van der Waals surface area contributed by atoms with Crippen molar-refractivity contribution in [3.05, 3.63) is 22.5 Å². The van der Waals surface area contributed by atoms with E-state index in [2.05, 4.69) is 28.3 Å². The molecule has 0 aromatic carbocycles. The van der Waals surface area contributed by atoms with Gasteiger partial charge in [-0.15, -0.1) is 0 Å². The van der Waals surface area contributed by atoms with E-state index in [0.29, 0.717) is 17.7 Å². The molecule has 6 heteroatoms. The van der Waals surface area contributed by atoms with E-state index < -0.39 is 0 Å². The highest BCUT2D eigenvalue weighted by Crippen LogP contribution is 2.31. The first-order valence-electron chi connectivity index (χ1n) is 9.42. The fraction of sp³-hybridized carbons (Fsp3) is 0.684. The van der Waals surface area contributed by atoms with E-state index >= 15 is 0 Å². The van der Waals surface area contributed by atoms with Crippen molar-refractivity contribution in [2.24, 2.45) is 0 Å². The summed E-state index contributed by atoms with van der Waals surface area (Å²) in [5, 5.41) is 0. The maximum absolute atomic E-state index is 12.9. The summed E-state index contributed by atoms with van der Waals surface area (Å²) in [5.74, 6) is -0.213. The van der Waals surface area contributed by atoms with Gasteiger partial charge in [-0.2, -0.15) is 0 Å². The monoisotopic (exact) mass is 346 g/mol. The lowest BCUT2D eigenvalue weighted by atomic mass is 10.1. The van der Waals surface area contributed by atoms with Crippen molar-refractivity contribution in [2.75, 3.05) is 46.3 Å². The van der Waals surface area contributed by atoms with E-state index in [1.165, 1.54) is 4.90 Å². The number of piperazine rings is 1. The number of rotatable bonds is 6. The minimum Gasteiger partial charge on any atom is -0.348 e. The molecule has 6 nitrogen and oxygen atoms in total. The molecule has 0 bridgehead atoms. The molecule has 1 aromatic heterocycles. The van der Waals surface area contributed by atoms with Crippen LogP contribution in [0.3, 0.4) is 0 Å². The Kier molecular flexibility index (Phi) is 5.29. The van der Waals surface area contributed by atoms with Crippen molar-refractivity contribution in [1.29, 1.82) is 0 Å². The van der Waals surface area contributed by atoms with Crippen LogP contribution in [0.2, 0.25) is 0 Å². The van der Waals surface area contributed by atoms with Crippen LogP contribution in [0.15, 0.2) is 0 Å². The first-order chi connectivity index (χ1) is 12.0. The third kappa shape index (κ3) is 3.25. The van der Waals surface area contributed by atoms with Gasteiger partial charge in [0.15, 0.2) is 0 Å². The third-order valence-corrected chi connectivity index (χ3v) is 5.67. The molecule has 0 atom stereocenters. The van der Waals surface area contributed by atoms with E-state index in [1.807, 2.05) is 13.8 Å². The Hall–Kier alpha value is -1.66. The number of imide groups is 1. The highest BCUT2D eigenvalue weighted by atomic mass is 16.2. The molecule has 1 fully saturated rings. The number of fused-ring (bicyclic) bond motifs is 1. The first kappa shape index (κ1) is 18.1. The smallest absolute Gasteiger partial charge is 0.263 e. The SMILES string of the molecule is CCCCn1c(C)c2c(c1C)C(=O)N(CCN1CCN(C)CC1)C2=O. The predicted octanol–water partition coefficient (Wildman–Crippen LogP) is 1.75. The van der Waals surface area contributed by atoms with Crippen LogP contribution in [0, 0.1) is 13.8 Å². The Morgan fingerprint density at radius 1 is 0.840 bits per heavy atom.